The molecule has 22 heavy (non-hydrogen) atoms. The lowest BCUT2D eigenvalue weighted by Crippen LogP contribution is -2.38. The molecule has 2 heterocycles. The quantitative estimate of drug-likeness (QED) is 0.840. The van der Waals surface area contributed by atoms with Crippen molar-refractivity contribution < 1.29 is 4.79 Å². The molecule has 1 atom stereocenters. The van der Waals surface area contributed by atoms with Crippen LogP contribution in [-0.4, -0.2) is 38.7 Å². The Labute approximate surface area is 133 Å². The van der Waals surface area contributed by atoms with E-state index in [9.17, 15) is 4.79 Å². The van der Waals surface area contributed by atoms with Crippen LogP contribution >= 0.6 is 0 Å². The van der Waals surface area contributed by atoms with E-state index >= 15 is 0 Å². The van der Waals surface area contributed by atoms with Gasteiger partial charge in [0.1, 0.15) is 12.2 Å². The first-order valence-electron chi connectivity index (χ1n) is 8.71. The lowest BCUT2D eigenvalue weighted by Gasteiger charge is -2.42. The van der Waals surface area contributed by atoms with Crippen molar-refractivity contribution >= 4 is 5.91 Å². The Morgan fingerprint density at radius 3 is 2.82 bits per heavy atom. The van der Waals surface area contributed by atoms with E-state index in [2.05, 4.69) is 40.4 Å². The molecule has 1 spiro atoms. The van der Waals surface area contributed by atoms with Crippen LogP contribution in [0.2, 0.25) is 0 Å². The predicted octanol–water partition coefficient (Wildman–Crippen LogP) is 2.83. The molecule has 0 bridgehead atoms. The molecule has 1 aliphatic heterocycles. The summed E-state index contributed by atoms with van der Waals surface area (Å²) in [5.41, 5.74) is 0.269. The molecule has 2 fully saturated rings. The molecule has 1 saturated carbocycles. The first-order valence-corrected chi connectivity index (χ1v) is 8.71. The highest BCUT2D eigenvalue weighted by Crippen LogP contribution is 2.55. The normalized spacial score (nSPS) is 23.3. The summed E-state index contributed by atoms with van der Waals surface area (Å²) in [4.78, 5) is 14.4. The molecule has 1 amide bonds. The molecule has 1 saturated heterocycles. The molecule has 0 aromatic carbocycles. The second-order valence-corrected chi connectivity index (χ2v) is 7.53. The summed E-state index contributed by atoms with van der Waals surface area (Å²) >= 11 is 0. The van der Waals surface area contributed by atoms with E-state index in [1.165, 1.54) is 19.3 Å². The van der Waals surface area contributed by atoms with E-state index < -0.39 is 0 Å². The van der Waals surface area contributed by atoms with Crippen molar-refractivity contribution in [3.05, 3.63) is 12.2 Å². The van der Waals surface area contributed by atoms with Crippen LogP contribution in [0.1, 0.15) is 64.6 Å². The van der Waals surface area contributed by atoms with E-state index in [1.54, 1.807) is 0 Å². The Kier molecular flexibility index (Phi) is 4.24. The minimum absolute atomic E-state index is 0.269. The summed E-state index contributed by atoms with van der Waals surface area (Å²) in [6, 6.07) is 0. The van der Waals surface area contributed by atoms with E-state index in [0.717, 1.165) is 31.9 Å². The van der Waals surface area contributed by atoms with Crippen LogP contribution < -0.4 is 0 Å². The van der Waals surface area contributed by atoms with Gasteiger partial charge in [-0.2, -0.15) is 0 Å². The number of hydrogen-bond donors (Lipinski definition) is 0. The minimum Gasteiger partial charge on any atom is -0.341 e. The van der Waals surface area contributed by atoms with Gasteiger partial charge in [-0.05, 0) is 30.6 Å². The number of aromatic nitrogens is 3. The molecule has 5 nitrogen and oxygen atoms in total. The van der Waals surface area contributed by atoms with Crippen LogP contribution in [0, 0.1) is 11.3 Å². The highest BCUT2D eigenvalue weighted by atomic mass is 16.2. The van der Waals surface area contributed by atoms with Crippen LogP contribution in [-0.2, 0) is 11.3 Å². The van der Waals surface area contributed by atoms with Gasteiger partial charge in [0.05, 0.1) is 0 Å². The SMILES string of the molecule is CCCC(=O)N1CC(c2nncn2CC(C)C)C2(CCC2)C1. The number of amides is 1. The fourth-order valence-electron chi connectivity index (χ4n) is 4.09. The van der Waals surface area contributed by atoms with Crippen molar-refractivity contribution in [1.29, 1.82) is 0 Å². The van der Waals surface area contributed by atoms with Gasteiger partial charge in [0.25, 0.3) is 0 Å². The second-order valence-electron chi connectivity index (χ2n) is 7.53. The van der Waals surface area contributed by atoms with Gasteiger partial charge in [-0.1, -0.05) is 27.2 Å². The van der Waals surface area contributed by atoms with Crippen molar-refractivity contribution in [3.63, 3.8) is 0 Å². The van der Waals surface area contributed by atoms with E-state index in [0.29, 0.717) is 24.2 Å². The molecule has 1 aliphatic carbocycles. The smallest absolute Gasteiger partial charge is 0.222 e. The van der Waals surface area contributed by atoms with E-state index in [-0.39, 0.29) is 5.41 Å². The highest BCUT2D eigenvalue weighted by Gasteiger charge is 2.53. The third kappa shape index (κ3) is 2.66. The Balaban J connectivity index is 1.83. The molecule has 0 radical (unpaired) electrons. The van der Waals surface area contributed by atoms with E-state index in [1.807, 2.05) is 6.33 Å². The Morgan fingerprint density at radius 2 is 2.23 bits per heavy atom. The van der Waals surface area contributed by atoms with Gasteiger partial charge in [0, 0.05) is 32.0 Å². The van der Waals surface area contributed by atoms with Crippen LogP contribution in [0.15, 0.2) is 6.33 Å². The van der Waals surface area contributed by atoms with Gasteiger partial charge in [0.2, 0.25) is 5.91 Å². The summed E-state index contributed by atoms with van der Waals surface area (Å²) in [5.74, 6) is 2.35. The first kappa shape index (κ1) is 15.5. The lowest BCUT2D eigenvalue weighted by molar-refractivity contribution is -0.130. The maximum Gasteiger partial charge on any atom is 0.222 e. The van der Waals surface area contributed by atoms with Gasteiger partial charge in [0.15, 0.2) is 0 Å². The zero-order chi connectivity index (χ0) is 15.7. The topological polar surface area (TPSA) is 51.0 Å². The fourth-order valence-corrected chi connectivity index (χ4v) is 4.09. The Morgan fingerprint density at radius 1 is 1.45 bits per heavy atom. The monoisotopic (exact) mass is 304 g/mol. The van der Waals surface area contributed by atoms with Crippen molar-refractivity contribution in [2.24, 2.45) is 11.3 Å². The molecule has 5 heteroatoms. The summed E-state index contributed by atoms with van der Waals surface area (Å²) in [6.07, 6.45) is 7.19. The number of carbonyl (C=O) groups is 1. The molecule has 3 rings (SSSR count). The summed E-state index contributed by atoms with van der Waals surface area (Å²) in [6.45, 7) is 9.21. The Bertz CT molecular complexity index is 533. The predicted molar refractivity (Wildman–Crippen MR) is 85.4 cm³/mol. The van der Waals surface area contributed by atoms with Crippen LogP contribution in [0.3, 0.4) is 0 Å². The number of hydrogen-bond acceptors (Lipinski definition) is 3. The number of carbonyl (C=O) groups excluding carboxylic acids is 1. The number of likely N-dealkylation sites (tertiary alicyclic amines) is 1. The molecule has 1 aromatic rings. The van der Waals surface area contributed by atoms with Gasteiger partial charge < -0.3 is 9.47 Å². The van der Waals surface area contributed by atoms with Crippen LogP contribution in [0.5, 0.6) is 0 Å². The average molecular weight is 304 g/mol. The standard InChI is InChI=1S/C17H28N4O/c1-4-6-15(22)20-10-14(17(11-20)7-5-8-17)16-19-18-12-21(16)9-13(2)3/h12-14H,4-11H2,1-3H3. The van der Waals surface area contributed by atoms with Gasteiger partial charge >= 0.3 is 0 Å². The zero-order valence-corrected chi connectivity index (χ0v) is 14.1. The molecule has 0 N–H and O–H groups in total. The molecule has 122 valence electrons. The maximum absolute atomic E-state index is 12.3. The van der Waals surface area contributed by atoms with Gasteiger partial charge in [-0.15, -0.1) is 10.2 Å². The first-order chi connectivity index (χ1) is 10.6. The number of nitrogens with zero attached hydrogens (tertiary/aromatic N) is 4. The third-order valence-electron chi connectivity index (χ3n) is 5.33. The molecule has 2 aliphatic rings. The Hall–Kier alpha value is -1.39. The zero-order valence-electron chi connectivity index (χ0n) is 14.1. The summed E-state index contributed by atoms with van der Waals surface area (Å²) < 4.78 is 2.21. The second kappa shape index (κ2) is 6.01. The summed E-state index contributed by atoms with van der Waals surface area (Å²) in [7, 11) is 0. The fraction of sp³-hybridized carbons (Fsp3) is 0.824. The van der Waals surface area contributed by atoms with Gasteiger partial charge in [-0.25, -0.2) is 0 Å². The molecule has 1 unspecified atom stereocenters. The average Bonchev–Trinajstić information content (AvgIpc) is 3.01. The van der Waals surface area contributed by atoms with Crippen molar-refractivity contribution in [2.45, 2.75) is 65.3 Å². The van der Waals surface area contributed by atoms with Crippen LogP contribution in [0.4, 0.5) is 0 Å². The molecular weight excluding hydrogens is 276 g/mol. The highest BCUT2D eigenvalue weighted by molar-refractivity contribution is 5.76. The molecular formula is C17H28N4O. The van der Waals surface area contributed by atoms with Crippen LogP contribution in [0.25, 0.3) is 0 Å². The lowest BCUT2D eigenvalue weighted by atomic mass is 9.62. The van der Waals surface area contributed by atoms with Gasteiger partial charge in [-0.3, -0.25) is 4.79 Å². The van der Waals surface area contributed by atoms with Crippen molar-refractivity contribution in [2.75, 3.05) is 13.1 Å². The van der Waals surface area contributed by atoms with Crippen molar-refractivity contribution in [1.82, 2.24) is 19.7 Å². The molecule has 1 aromatic heterocycles. The number of rotatable bonds is 5. The third-order valence-corrected chi connectivity index (χ3v) is 5.33. The summed E-state index contributed by atoms with van der Waals surface area (Å²) in [5, 5.41) is 8.60. The van der Waals surface area contributed by atoms with Crippen molar-refractivity contribution in [3.8, 4) is 0 Å². The minimum atomic E-state index is 0.269. The van der Waals surface area contributed by atoms with E-state index in [4.69, 9.17) is 0 Å². The largest absolute Gasteiger partial charge is 0.341 e. The maximum atomic E-state index is 12.3.